The molecule has 0 amide bonds. The predicted octanol–water partition coefficient (Wildman–Crippen LogP) is 5.25. The van der Waals surface area contributed by atoms with Gasteiger partial charge in [0.05, 0.1) is 0 Å². The summed E-state index contributed by atoms with van der Waals surface area (Å²) >= 11 is 6.23. The van der Waals surface area contributed by atoms with Crippen LogP contribution in [-0.2, 0) is 22.6 Å². The van der Waals surface area contributed by atoms with E-state index >= 15 is 0 Å². The number of hydrogen-bond donors (Lipinski definition) is 0. The molecule has 2 aromatic rings. The first-order valence-electron chi connectivity index (χ1n) is 8.86. The number of esters is 1. The van der Waals surface area contributed by atoms with Gasteiger partial charge in [0.2, 0.25) is 0 Å². The van der Waals surface area contributed by atoms with Crippen LogP contribution in [0.1, 0.15) is 40.3 Å². The summed E-state index contributed by atoms with van der Waals surface area (Å²) in [5.41, 5.74) is 6.13. The lowest BCUT2D eigenvalue weighted by Crippen LogP contribution is -2.20. The summed E-state index contributed by atoms with van der Waals surface area (Å²) < 4.78 is 11.8. The minimum Gasteiger partial charge on any atom is -0.489 e. The molecule has 0 spiro atoms. The van der Waals surface area contributed by atoms with E-state index in [0.717, 1.165) is 35.3 Å². The van der Waals surface area contributed by atoms with Crippen LogP contribution in [-0.4, -0.2) is 5.97 Å². The van der Waals surface area contributed by atoms with Crippen molar-refractivity contribution in [3.63, 3.8) is 0 Å². The monoisotopic (exact) mass is 368 g/mol. The zero-order valence-corrected chi connectivity index (χ0v) is 15.7. The van der Waals surface area contributed by atoms with E-state index < -0.39 is 0 Å². The molecule has 0 unspecified atom stereocenters. The Labute approximate surface area is 158 Å². The van der Waals surface area contributed by atoms with Gasteiger partial charge in [0.15, 0.2) is 0 Å². The molecule has 1 fully saturated rings. The van der Waals surface area contributed by atoms with Crippen LogP contribution in [0, 0.1) is 19.8 Å². The average molecular weight is 369 g/mol. The Kier molecular flexibility index (Phi) is 4.28. The zero-order valence-electron chi connectivity index (χ0n) is 15.0. The van der Waals surface area contributed by atoms with Crippen molar-refractivity contribution in [2.24, 2.45) is 5.92 Å². The summed E-state index contributed by atoms with van der Waals surface area (Å²) in [6, 6.07) is 9.75. The summed E-state index contributed by atoms with van der Waals surface area (Å²) in [5, 5.41) is 0.695. The highest BCUT2D eigenvalue weighted by atomic mass is 35.5. The second-order valence-corrected chi connectivity index (χ2v) is 7.49. The molecule has 4 rings (SSSR count). The summed E-state index contributed by atoms with van der Waals surface area (Å²) in [6.07, 6.45) is 1.60. The number of fused-ring (bicyclic) bond motifs is 3. The smallest absolute Gasteiger partial charge is 0.334 e. The first kappa shape index (κ1) is 17.2. The molecule has 4 heteroatoms. The summed E-state index contributed by atoms with van der Waals surface area (Å²) in [6.45, 7) is 8.46. The second kappa shape index (κ2) is 6.48. The maximum absolute atomic E-state index is 12.0. The highest BCUT2D eigenvalue weighted by molar-refractivity contribution is 6.31. The van der Waals surface area contributed by atoms with Crippen molar-refractivity contribution in [2.45, 2.75) is 39.4 Å². The van der Waals surface area contributed by atoms with Crippen LogP contribution < -0.4 is 4.74 Å². The van der Waals surface area contributed by atoms with E-state index in [1.54, 1.807) is 0 Å². The quantitative estimate of drug-likeness (QED) is 0.548. The fourth-order valence-corrected chi connectivity index (χ4v) is 4.28. The van der Waals surface area contributed by atoms with Gasteiger partial charge in [0.25, 0.3) is 0 Å². The number of ether oxygens (including phenoxy) is 2. The average Bonchev–Trinajstić information content (AvgIpc) is 2.92. The van der Waals surface area contributed by atoms with Gasteiger partial charge < -0.3 is 9.47 Å². The van der Waals surface area contributed by atoms with E-state index in [1.807, 2.05) is 31.2 Å². The van der Waals surface area contributed by atoms with E-state index in [1.165, 1.54) is 11.1 Å². The Morgan fingerprint density at radius 1 is 1.31 bits per heavy atom. The Morgan fingerprint density at radius 2 is 2.08 bits per heavy atom. The van der Waals surface area contributed by atoms with Crippen molar-refractivity contribution < 1.29 is 14.3 Å². The maximum Gasteiger partial charge on any atom is 0.334 e. The highest BCUT2D eigenvalue weighted by Gasteiger charge is 2.44. The molecule has 0 N–H and O–H groups in total. The fourth-order valence-electron chi connectivity index (χ4n) is 4.09. The minimum atomic E-state index is -0.271. The largest absolute Gasteiger partial charge is 0.489 e. The SMILES string of the molecule is C=C1C(=O)O[C@H]2c3c(C)c(OCc4ccccc4Cl)cc(C)c3CC[C@@H]12. The van der Waals surface area contributed by atoms with Gasteiger partial charge >= 0.3 is 5.97 Å². The number of rotatable bonds is 3. The van der Waals surface area contributed by atoms with Crippen LogP contribution in [0.15, 0.2) is 42.5 Å². The Balaban J connectivity index is 1.69. The molecule has 2 atom stereocenters. The van der Waals surface area contributed by atoms with Gasteiger partial charge in [-0.05, 0) is 55.5 Å². The molecular formula is C22H21ClO3. The molecule has 26 heavy (non-hydrogen) atoms. The predicted molar refractivity (Wildman–Crippen MR) is 101 cm³/mol. The Hall–Kier alpha value is -2.26. The maximum atomic E-state index is 12.0. The molecular weight excluding hydrogens is 348 g/mol. The molecule has 3 nitrogen and oxygen atoms in total. The number of carbonyl (C=O) groups is 1. The normalized spacial score (nSPS) is 21.2. The van der Waals surface area contributed by atoms with E-state index in [-0.39, 0.29) is 18.0 Å². The number of halogens is 1. The molecule has 0 radical (unpaired) electrons. The van der Waals surface area contributed by atoms with Crippen molar-refractivity contribution in [1.29, 1.82) is 0 Å². The summed E-state index contributed by atoms with van der Waals surface area (Å²) in [5.74, 6) is 0.620. The summed E-state index contributed by atoms with van der Waals surface area (Å²) in [4.78, 5) is 12.0. The van der Waals surface area contributed by atoms with Crippen LogP contribution in [0.5, 0.6) is 5.75 Å². The molecule has 0 aromatic heterocycles. The molecule has 2 aromatic carbocycles. The van der Waals surface area contributed by atoms with Crippen LogP contribution in [0.3, 0.4) is 0 Å². The van der Waals surface area contributed by atoms with E-state index in [4.69, 9.17) is 21.1 Å². The van der Waals surface area contributed by atoms with Crippen molar-refractivity contribution in [1.82, 2.24) is 0 Å². The van der Waals surface area contributed by atoms with Gasteiger partial charge in [0.1, 0.15) is 18.5 Å². The molecule has 1 heterocycles. The van der Waals surface area contributed by atoms with Gasteiger partial charge in [-0.1, -0.05) is 36.4 Å². The second-order valence-electron chi connectivity index (χ2n) is 7.09. The van der Waals surface area contributed by atoms with Gasteiger partial charge in [-0.3, -0.25) is 0 Å². The Morgan fingerprint density at radius 3 is 2.85 bits per heavy atom. The molecule has 1 aliphatic carbocycles. The standard InChI is InChI=1S/C22H21ClO3/c1-12-10-19(25-11-15-6-4-5-7-18(15)23)14(3)20-16(12)8-9-17-13(2)22(24)26-21(17)20/h4-7,10,17,21H,2,8-9,11H2,1,3H3/t17-,21+/m0/s1. The molecule has 134 valence electrons. The number of benzene rings is 2. The van der Waals surface area contributed by atoms with Gasteiger partial charge in [0, 0.05) is 27.6 Å². The van der Waals surface area contributed by atoms with Gasteiger partial charge in [-0.2, -0.15) is 0 Å². The number of carbonyl (C=O) groups excluding carboxylic acids is 1. The number of aryl methyl sites for hydroxylation is 1. The first-order chi connectivity index (χ1) is 12.5. The Bertz CT molecular complexity index is 916. The van der Waals surface area contributed by atoms with Crippen molar-refractivity contribution in [3.8, 4) is 5.75 Å². The lowest BCUT2D eigenvalue weighted by Gasteiger charge is -2.30. The topological polar surface area (TPSA) is 35.5 Å². The van der Waals surface area contributed by atoms with E-state index in [0.29, 0.717) is 17.2 Å². The molecule has 0 saturated carbocycles. The van der Waals surface area contributed by atoms with Crippen molar-refractivity contribution in [3.05, 3.63) is 75.3 Å². The molecule has 0 bridgehead atoms. The van der Waals surface area contributed by atoms with Crippen LogP contribution in [0.2, 0.25) is 5.02 Å². The molecule has 1 saturated heterocycles. The van der Waals surface area contributed by atoms with Crippen molar-refractivity contribution >= 4 is 17.6 Å². The van der Waals surface area contributed by atoms with Crippen LogP contribution >= 0.6 is 11.6 Å². The third kappa shape index (κ3) is 2.71. The lowest BCUT2D eigenvalue weighted by molar-refractivity contribution is -0.139. The summed E-state index contributed by atoms with van der Waals surface area (Å²) in [7, 11) is 0. The lowest BCUT2D eigenvalue weighted by atomic mass is 9.76. The van der Waals surface area contributed by atoms with E-state index in [2.05, 4.69) is 19.6 Å². The fraction of sp³-hybridized carbons (Fsp3) is 0.318. The van der Waals surface area contributed by atoms with Crippen LogP contribution in [0.4, 0.5) is 0 Å². The van der Waals surface area contributed by atoms with Crippen LogP contribution in [0.25, 0.3) is 0 Å². The third-order valence-corrected chi connectivity index (χ3v) is 5.93. The van der Waals surface area contributed by atoms with E-state index in [9.17, 15) is 4.79 Å². The van der Waals surface area contributed by atoms with Gasteiger partial charge in [-0.15, -0.1) is 0 Å². The molecule has 1 aliphatic heterocycles. The van der Waals surface area contributed by atoms with Gasteiger partial charge in [-0.25, -0.2) is 4.79 Å². The zero-order chi connectivity index (χ0) is 18.4. The first-order valence-corrected chi connectivity index (χ1v) is 9.24. The third-order valence-electron chi connectivity index (χ3n) is 5.56. The number of hydrogen-bond acceptors (Lipinski definition) is 3. The highest BCUT2D eigenvalue weighted by Crippen LogP contribution is 2.49. The van der Waals surface area contributed by atoms with Crippen molar-refractivity contribution in [2.75, 3.05) is 0 Å². The molecule has 2 aliphatic rings. The minimum absolute atomic E-state index is 0.0758.